The van der Waals surface area contributed by atoms with E-state index in [1.807, 2.05) is 24.3 Å². The van der Waals surface area contributed by atoms with Gasteiger partial charge in [-0.1, -0.05) is 122 Å². The number of rotatable bonds is 28. The monoisotopic (exact) mass is 723 g/mol. The van der Waals surface area contributed by atoms with Crippen molar-refractivity contribution in [2.75, 3.05) is 18.9 Å². The molecule has 282 valence electrons. The number of hydrogen-bond donors (Lipinski definition) is 2. The van der Waals surface area contributed by atoms with Gasteiger partial charge in [-0.3, -0.25) is 0 Å². The molecule has 10 nitrogen and oxygen atoms in total. The fraction of sp³-hybridized carbons (Fsp3) is 0.675. The molecule has 0 saturated carbocycles. The van der Waals surface area contributed by atoms with Gasteiger partial charge in [0.25, 0.3) is 0 Å². The summed E-state index contributed by atoms with van der Waals surface area (Å²) in [6, 6.07) is 13.2. The standard InChI is InChI=1S/C40H62N5O5P/c1-2-3-4-5-6-7-8-9-10-11-12-13-14-15-16-17-18-19-22-35(49-34-23-20-21-33(28-34)29-41)30-47-51(46)48-31-36-24-27-39(50-36)37-25-26-38-40(42)43-32-44-45(37)38/h20-21,23,25-26,28,32,35-36,39,46H,2-19,22,24,27,30-31H2,1H3,(H2,42,43,44). The third kappa shape index (κ3) is 15.4. The number of ether oxygens (including phenoxy) is 2. The average Bonchev–Trinajstić information content (AvgIpc) is 3.80. The molecular formula is C40H62N5O5P. The fourth-order valence-electron chi connectivity index (χ4n) is 6.88. The minimum atomic E-state index is -2.10. The van der Waals surface area contributed by atoms with Crippen molar-refractivity contribution in [1.82, 2.24) is 14.6 Å². The van der Waals surface area contributed by atoms with Crippen molar-refractivity contribution >= 4 is 19.9 Å². The third-order valence-corrected chi connectivity index (χ3v) is 10.6. The van der Waals surface area contributed by atoms with E-state index in [1.54, 1.807) is 16.6 Å². The van der Waals surface area contributed by atoms with E-state index in [-0.39, 0.29) is 31.5 Å². The molecule has 0 amide bonds. The summed E-state index contributed by atoms with van der Waals surface area (Å²) in [6.07, 6.45) is 27.4. The summed E-state index contributed by atoms with van der Waals surface area (Å²) in [7, 11) is -2.10. The number of nitrogens with zero attached hydrogens (tertiary/aromatic N) is 4. The number of nitriles is 1. The molecule has 1 fully saturated rings. The molecule has 4 unspecified atom stereocenters. The van der Waals surface area contributed by atoms with E-state index in [0.717, 1.165) is 43.3 Å². The molecule has 0 spiro atoms. The molecule has 1 saturated heterocycles. The first kappa shape index (κ1) is 41.0. The van der Waals surface area contributed by atoms with Crippen LogP contribution in [0.4, 0.5) is 5.82 Å². The highest BCUT2D eigenvalue weighted by Crippen LogP contribution is 2.38. The maximum Gasteiger partial charge on any atom is 0.330 e. The predicted octanol–water partition coefficient (Wildman–Crippen LogP) is 10.5. The van der Waals surface area contributed by atoms with E-state index in [0.29, 0.717) is 17.1 Å². The first-order valence-corrected chi connectivity index (χ1v) is 20.9. The van der Waals surface area contributed by atoms with E-state index >= 15 is 0 Å². The van der Waals surface area contributed by atoms with Crippen LogP contribution in [0.5, 0.6) is 5.75 Å². The lowest BCUT2D eigenvalue weighted by molar-refractivity contribution is 0.00838. The van der Waals surface area contributed by atoms with Crippen LogP contribution in [0.3, 0.4) is 0 Å². The van der Waals surface area contributed by atoms with Crippen molar-refractivity contribution in [2.24, 2.45) is 0 Å². The first-order valence-electron chi connectivity index (χ1n) is 19.7. The zero-order valence-corrected chi connectivity index (χ0v) is 31.8. The van der Waals surface area contributed by atoms with Gasteiger partial charge in [0.05, 0.1) is 36.6 Å². The molecule has 3 aromatic rings. The Morgan fingerprint density at radius 2 is 1.55 bits per heavy atom. The van der Waals surface area contributed by atoms with Crippen molar-refractivity contribution in [3.63, 3.8) is 0 Å². The molecule has 3 heterocycles. The lowest BCUT2D eigenvalue weighted by Gasteiger charge is -2.21. The summed E-state index contributed by atoms with van der Waals surface area (Å²) in [5.74, 6) is 1.06. The summed E-state index contributed by atoms with van der Waals surface area (Å²) in [5.41, 5.74) is 8.20. The highest BCUT2D eigenvalue weighted by atomic mass is 31.2. The molecule has 0 bridgehead atoms. The van der Waals surface area contributed by atoms with E-state index in [2.05, 4.69) is 23.1 Å². The molecule has 3 N–H and O–H groups in total. The number of aromatic nitrogens is 3. The second-order valence-corrected chi connectivity index (χ2v) is 15.0. The van der Waals surface area contributed by atoms with Gasteiger partial charge < -0.3 is 29.1 Å². The van der Waals surface area contributed by atoms with Gasteiger partial charge in [0.15, 0.2) is 5.82 Å². The normalized spacial score (nSPS) is 17.1. The van der Waals surface area contributed by atoms with E-state index in [9.17, 15) is 10.2 Å². The molecule has 11 heteroatoms. The molecule has 0 radical (unpaired) electrons. The molecule has 4 atom stereocenters. The minimum absolute atomic E-state index is 0.141. The minimum Gasteiger partial charge on any atom is -0.488 e. The van der Waals surface area contributed by atoms with Crippen molar-refractivity contribution < 1.29 is 23.4 Å². The Bertz CT molecular complexity index is 1420. The first-order chi connectivity index (χ1) is 25.1. The number of benzene rings is 1. The molecular weight excluding hydrogens is 661 g/mol. The quantitative estimate of drug-likeness (QED) is 0.0554. The Hall–Kier alpha value is -2.80. The van der Waals surface area contributed by atoms with Crippen LogP contribution < -0.4 is 10.5 Å². The number of nitrogens with two attached hydrogens (primary N) is 1. The maximum absolute atomic E-state index is 10.6. The zero-order valence-electron chi connectivity index (χ0n) is 30.9. The van der Waals surface area contributed by atoms with Crippen molar-refractivity contribution in [3.05, 3.63) is 54.0 Å². The van der Waals surface area contributed by atoms with Crippen LogP contribution in [-0.2, 0) is 13.8 Å². The second-order valence-electron chi connectivity index (χ2n) is 14.0. The van der Waals surface area contributed by atoms with Gasteiger partial charge >= 0.3 is 8.60 Å². The summed E-state index contributed by atoms with van der Waals surface area (Å²) >= 11 is 0. The number of unbranched alkanes of at least 4 members (excludes halogenated alkanes) is 17. The van der Waals surface area contributed by atoms with Gasteiger partial charge in [0, 0.05) is 0 Å². The molecule has 51 heavy (non-hydrogen) atoms. The molecule has 2 aromatic heterocycles. The van der Waals surface area contributed by atoms with Crippen LogP contribution >= 0.6 is 8.60 Å². The zero-order chi connectivity index (χ0) is 35.9. The average molecular weight is 724 g/mol. The van der Waals surface area contributed by atoms with E-state index in [1.165, 1.54) is 109 Å². The second kappa shape index (κ2) is 24.4. The highest BCUT2D eigenvalue weighted by Gasteiger charge is 2.30. The smallest absolute Gasteiger partial charge is 0.330 e. The molecule has 0 aliphatic carbocycles. The molecule has 4 rings (SSSR count). The Balaban J connectivity index is 1.07. The topological polar surface area (TPSA) is 137 Å². The summed E-state index contributed by atoms with van der Waals surface area (Å²) in [6.45, 7) is 2.71. The fourth-order valence-corrected chi connectivity index (χ4v) is 7.54. The van der Waals surface area contributed by atoms with Gasteiger partial charge in [0.2, 0.25) is 0 Å². The molecule has 1 aliphatic heterocycles. The lowest BCUT2D eigenvalue weighted by Crippen LogP contribution is -2.23. The summed E-state index contributed by atoms with van der Waals surface area (Å²) in [5, 5.41) is 13.6. The van der Waals surface area contributed by atoms with E-state index in [4.69, 9.17) is 24.3 Å². The summed E-state index contributed by atoms with van der Waals surface area (Å²) < 4.78 is 25.7. The molecule has 1 aliphatic rings. The van der Waals surface area contributed by atoms with Crippen molar-refractivity contribution in [2.45, 2.75) is 160 Å². The largest absolute Gasteiger partial charge is 0.488 e. The van der Waals surface area contributed by atoms with Crippen LogP contribution in [0, 0.1) is 11.3 Å². The van der Waals surface area contributed by atoms with Crippen LogP contribution in [0.25, 0.3) is 5.52 Å². The number of nitrogen functional groups attached to an aromatic ring is 1. The van der Waals surface area contributed by atoms with Gasteiger partial charge in [-0.25, -0.2) is 9.50 Å². The van der Waals surface area contributed by atoms with Crippen LogP contribution in [0.1, 0.15) is 159 Å². The Labute approximate surface area is 307 Å². The van der Waals surface area contributed by atoms with Crippen molar-refractivity contribution in [1.29, 1.82) is 5.26 Å². The SMILES string of the molecule is CCCCCCCCCCCCCCCCCCCCC(COP(O)OCC1CCC(c2ccc3c(N)ncnn23)O1)Oc1cccc(C#N)c1. The number of anilines is 1. The Morgan fingerprint density at radius 3 is 2.20 bits per heavy atom. The van der Waals surface area contributed by atoms with Crippen molar-refractivity contribution in [3.8, 4) is 11.8 Å². The Kier molecular flexibility index (Phi) is 19.6. The number of hydrogen-bond acceptors (Lipinski definition) is 9. The molecule has 1 aromatic carbocycles. The van der Waals surface area contributed by atoms with Gasteiger partial charge in [0.1, 0.15) is 29.8 Å². The van der Waals surface area contributed by atoms with Gasteiger partial charge in [-0.15, -0.1) is 0 Å². The van der Waals surface area contributed by atoms with E-state index < -0.39 is 8.60 Å². The third-order valence-electron chi connectivity index (χ3n) is 9.84. The maximum atomic E-state index is 10.6. The highest BCUT2D eigenvalue weighted by molar-refractivity contribution is 7.40. The lowest BCUT2D eigenvalue weighted by atomic mass is 10.0. The van der Waals surface area contributed by atoms with Crippen LogP contribution in [-0.4, -0.2) is 44.9 Å². The van der Waals surface area contributed by atoms with Gasteiger partial charge in [-0.2, -0.15) is 10.4 Å². The Morgan fingerprint density at radius 1 is 0.902 bits per heavy atom. The van der Waals surface area contributed by atoms with Gasteiger partial charge in [-0.05, 0) is 56.0 Å². The predicted molar refractivity (Wildman–Crippen MR) is 204 cm³/mol. The summed E-state index contributed by atoms with van der Waals surface area (Å²) in [4.78, 5) is 14.6. The van der Waals surface area contributed by atoms with Crippen LogP contribution in [0.15, 0.2) is 42.7 Å². The van der Waals surface area contributed by atoms with Crippen LogP contribution in [0.2, 0.25) is 0 Å². The number of fused-ring (bicyclic) bond motifs is 1.